The van der Waals surface area contributed by atoms with E-state index in [0.717, 1.165) is 37.8 Å². The molecule has 1 aromatic rings. The summed E-state index contributed by atoms with van der Waals surface area (Å²) in [7, 11) is -1.04. The number of amides is 1. The van der Waals surface area contributed by atoms with E-state index in [1.807, 2.05) is 12.1 Å². The molecule has 1 aliphatic heterocycles. The zero-order valence-electron chi connectivity index (χ0n) is 15.8. The van der Waals surface area contributed by atoms with Gasteiger partial charge in [-0.3, -0.25) is 4.79 Å². The molecule has 6 heteroatoms. The van der Waals surface area contributed by atoms with Gasteiger partial charge < -0.3 is 10.2 Å². The first-order valence-corrected chi connectivity index (χ1v) is 11.5. The zero-order valence-corrected chi connectivity index (χ0v) is 16.6. The molecular weight excluding hydrogens is 348 g/mol. The molecule has 0 aromatic heterocycles. The summed E-state index contributed by atoms with van der Waals surface area (Å²) in [5.74, 6) is 0.0920. The number of benzene rings is 1. The van der Waals surface area contributed by atoms with Gasteiger partial charge in [0.05, 0.1) is 10.3 Å². The van der Waals surface area contributed by atoms with Crippen LogP contribution < -0.4 is 5.32 Å². The summed E-state index contributed by atoms with van der Waals surface area (Å²) in [6.45, 7) is 1.85. The highest BCUT2D eigenvalue weighted by molar-refractivity contribution is 7.90. The molecule has 2 fully saturated rings. The van der Waals surface area contributed by atoms with Crippen LogP contribution in [0.5, 0.6) is 0 Å². The maximum atomic E-state index is 12.9. The minimum atomic E-state index is -3.21. The van der Waals surface area contributed by atoms with Gasteiger partial charge in [0.15, 0.2) is 9.84 Å². The van der Waals surface area contributed by atoms with E-state index in [-0.39, 0.29) is 5.91 Å². The number of rotatable bonds is 6. The molecular formula is C20H30N2O3S. The van der Waals surface area contributed by atoms with Crippen LogP contribution in [0.3, 0.4) is 0 Å². The number of nitrogens with one attached hydrogen (secondary N) is 1. The zero-order chi connectivity index (χ0) is 18.8. The molecule has 1 N–H and O–H groups in total. The van der Waals surface area contributed by atoms with Crippen LogP contribution in [0.25, 0.3) is 0 Å². The second kappa shape index (κ2) is 7.69. The summed E-state index contributed by atoms with van der Waals surface area (Å²) in [6.07, 6.45) is 8.66. The van der Waals surface area contributed by atoms with Crippen LogP contribution in [0.15, 0.2) is 29.2 Å². The molecule has 2 aliphatic rings. The Kier molecular flexibility index (Phi) is 5.72. The summed E-state index contributed by atoms with van der Waals surface area (Å²) >= 11 is 0. The first-order chi connectivity index (χ1) is 12.3. The maximum Gasteiger partial charge on any atom is 0.230 e. The largest absolute Gasteiger partial charge is 0.355 e. The first kappa shape index (κ1) is 19.4. The van der Waals surface area contributed by atoms with Crippen LogP contribution in [-0.2, 0) is 20.0 Å². The van der Waals surface area contributed by atoms with Gasteiger partial charge in [0, 0.05) is 18.8 Å². The first-order valence-electron chi connectivity index (χ1n) is 9.62. The number of piperidine rings is 1. The Labute approximate surface area is 157 Å². The van der Waals surface area contributed by atoms with Crippen LogP contribution in [0.2, 0.25) is 0 Å². The van der Waals surface area contributed by atoms with Crippen LogP contribution in [0.1, 0.15) is 50.5 Å². The number of hydrogen-bond acceptors (Lipinski definition) is 4. The van der Waals surface area contributed by atoms with Crippen molar-refractivity contribution in [1.29, 1.82) is 0 Å². The minimum Gasteiger partial charge on any atom is -0.355 e. The fourth-order valence-corrected chi connectivity index (χ4v) is 4.86. The maximum absolute atomic E-state index is 12.9. The summed E-state index contributed by atoms with van der Waals surface area (Å²) in [6, 6.07) is 7.42. The van der Waals surface area contributed by atoms with Gasteiger partial charge in [-0.2, -0.15) is 0 Å². The van der Waals surface area contributed by atoms with E-state index in [9.17, 15) is 13.2 Å². The lowest BCUT2D eigenvalue weighted by Crippen LogP contribution is -2.50. The van der Waals surface area contributed by atoms with Crippen molar-refractivity contribution in [3.8, 4) is 0 Å². The van der Waals surface area contributed by atoms with Gasteiger partial charge in [0.1, 0.15) is 0 Å². The van der Waals surface area contributed by atoms with Gasteiger partial charge in [-0.15, -0.1) is 0 Å². The summed E-state index contributed by atoms with van der Waals surface area (Å²) < 4.78 is 23.3. The van der Waals surface area contributed by atoms with Crippen molar-refractivity contribution in [2.24, 2.45) is 0 Å². The van der Waals surface area contributed by atoms with E-state index in [4.69, 9.17) is 0 Å². The molecule has 144 valence electrons. The standard InChI is InChI=1S/C20H30N2O3S/c1-22-15-4-3-6-17(22)11-14-21-19(23)20(12-5-13-20)16-7-9-18(10-8-16)26(2,24)25/h7-10,17H,3-6,11-15H2,1-2H3,(H,21,23)/t17-/m0/s1. The second-order valence-corrected chi connectivity index (χ2v) is 9.92. The van der Waals surface area contributed by atoms with Crippen molar-refractivity contribution >= 4 is 15.7 Å². The SMILES string of the molecule is CN1CCCC[C@H]1CCNC(=O)C1(c2ccc(S(C)(=O)=O)cc2)CCC1. The lowest BCUT2D eigenvalue weighted by atomic mass is 9.64. The van der Waals surface area contributed by atoms with Crippen LogP contribution in [0.4, 0.5) is 0 Å². The van der Waals surface area contributed by atoms with Crippen molar-refractivity contribution < 1.29 is 13.2 Å². The van der Waals surface area contributed by atoms with Crippen LogP contribution >= 0.6 is 0 Å². The van der Waals surface area contributed by atoms with Crippen molar-refractivity contribution in [2.75, 3.05) is 26.4 Å². The summed E-state index contributed by atoms with van der Waals surface area (Å²) in [5, 5.41) is 3.15. The lowest BCUT2D eigenvalue weighted by molar-refractivity contribution is -0.130. The van der Waals surface area contributed by atoms with E-state index in [1.165, 1.54) is 25.5 Å². The Balaban J connectivity index is 1.62. The highest BCUT2D eigenvalue weighted by Crippen LogP contribution is 2.44. The Morgan fingerprint density at radius 2 is 1.88 bits per heavy atom. The predicted octanol–water partition coefficient (Wildman–Crippen LogP) is 2.50. The van der Waals surface area contributed by atoms with Crippen molar-refractivity contribution in [1.82, 2.24) is 10.2 Å². The van der Waals surface area contributed by atoms with Gasteiger partial charge >= 0.3 is 0 Å². The van der Waals surface area contributed by atoms with E-state index < -0.39 is 15.3 Å². The summed E-state index contributed by atoms with van der Waals surface area (Å²) in [4.78, 5) is 15.6. The molecule has 1 heterocycles. The molecule has 0 spiro atoms. The average molecular weight is 379 g/mol. The summed E-state index contributed by atoms with van der Waals surface area (Å²) in [5.41, 5.74) is 0.456. The molecule has 0 radical (unpaired) electrons. The monoisotopic (exact) mass is 378 g/mol. The van der Waals surface area contributed by atoms with E-state index >= 15 is 0 Å². The van der Waals surface area contributed by atoms with Gasteiger partial charge in [-0.1, -0.05) is 25.0 Å². The number of likely N-dealkylation sites (tertiary alicyclic amines) is 1. The number of nitrogens with zero attached hydrogens (tertiary/aromatic N) is 1. The van der Waals surface area contributed by atoms with Crippen molar-refractivity contribution in [2.45, 2.75) is 61.3 Å². The molecule has 1 saturated heterocycles. The third-order valence-corrected chi connectivity index (χ3v) is 7.29. The predicted molar refractivity (Wildman–Crippen MR) is 103 cm³/mol. The fraction of sp³-hybridized carbons (Fsp3) is 0.650. The van der Waals surface area contributed by atoms with Crippen LogP contribution in [0, 0.1) is 0 Å². The molecule has 1 aliphatic carbocycles. The molecule has 5 nitrogen and oxygen atoms in total. The third-order valence-electron chi connectivity index (χ3n) is 6.16. The lowest BCUT2D eigenvalue weighted by Gasteiger charge is -2.41. The number of sulfone groups is 1. The van der Waals surface area contributed by atoms with Gasteiger partial charge in [0.25, 0.3) is 0 Å². The minimum absolute atomic E-state index is 0.0920. The van der Waals surface area contributed by atoms with E-state index in [0.29, 0.717) is 17.5 Å². The Morgan fingerprint density at radius 1 is 1.19 bits per heavy atom. The molecule has 0 bridgehead atoms. The number of carbonyl (C=O) groups is 1. The molecule has 26 heavy (non-hydrogen) atoms. The molecule has 1 saturated carbocycles. The topological polar surface area (TPSA) is 66.5 Å². The van der Waals surface area contributed by atoms with Gasteiger partial charge in [-0.05, 0) is 63.4 Å². The van der Waals surface area contributed by atoms with Crippen molar-refractivity contribution in [3.63, 3.8) is 0 Å². The van der Waals surface area contributed by atoms with E-state index in [2.05, 4.69) is 17.3 Å². The Hall–Kier alpha value is -1.40. The molecule has 3 rings (SSSR count). The fourth-order valence-electron chi connectivity index (χ4n) is 4.23. The Morgan fingerprint density at radius 3 is 2.42 bits per heavy atom. The number of carbonyl (C=O) groups excluding carboxylic acids is 1. The highest BCUT2D eigenvalue weighted by atomic mass is 32.2. The molecule has 1 aromatic carbocycles. The number of hydrogen-bond donors (Lipinski definition) is 1. The average Bonchev–Trinajstić information content (AvgIpc) is 2.55. The van der Waals surface area contributed by atoms with Gasteiger partial charge in [-0.25, -0.2) is 8.42 Å². The van der Waals surface area contributed by atoms with Crippen LogP contribution in [-0.4, -0.2) is 51.7 Å². The highest BCUT2D eigenvalue weighted by Gasteiger charge is 2.45. The van der Waals surface area contributed by atoms with Crippen molar-refractivity contribution in [3.05, 3.63) is 29.8 Å². The molecule has 1 amide bonds. The quantitative estimate of drug-likeness (QED) is 0.826. The Bertz CT molecular complexity index is 739. The molecule has 0 unspecified atom stereocenters. The smallest absolute Gasteiger partial charge is 0.230 e. The third kappa shape index (κ3) is 3.96. The van der Waals surface area contributed by atoms with E-state index in [1.54, 1.807) is 12.1 Å². The molecule has 1 atom stereocenters. The van der Waals surface area contributed by atoms with Gasteiger partial charge in [0.2, 0.25) is 5.91 Å². The second-order valence-electron chi connectivity index (χ2n) is 7.91. The normalized spacial score (nSPS) is 23.2.